The molecule has 10 nitrogen and oxygen atoms in total. The molecule has 0 bridgehead atoms. The molecule has 0 aliphatic heterocycles. The first kappa shape index (κ1) is 98.8. The smallest absolute Gasteiger partial charge is 0.155 e. The van der Waals surface area contributed by atoms with Crippen LogP contribution in [0.2, 0.25) is 0 Å². The number of carbonyl (C=O) groups excluding carboxylic acids is 1. The van der Waals surface area contributed by atoms with Crippen LogP contribution in [0.15, 0.2) is 381 Å². The maximum atomic E-state index is 10.0. The second-order valence-corrected chi connectivity index (χ2v) is 29.0. The average molecular weight is 2350 g/mol. The van der Waals surface area contributed by atoms with E-state index in [1.165, 1.54) is 80.9 Å². The summed E-state index contributed by atoms with van der Waals surface area (Å²) in [5.41, 5.74) is 31.1. The van der Waals surface area contributed by atoms with Crippen molar-refractivity contribution in [1.82, 2.24) is 34.9 Å². The third-order valence-corrected chi connectivity index (χ3v) is 19.0. The predicted molar refractivity (Wildman–Crippen MR) is 500 cm³/mol. The van der Waals surface area contributed by atoms with Crippen LogP contribution in [0.4, 0.5) is 0 Å². The van der Waals surface area contributed by atoms with Crippen molar-refractivity contribution in [3.63, 3.8) is 0 Å². The van der Waals surface area contributed by atoms with Gasteiger partial charge in [0.2, 0.25) is 0 Å². The Morgan fingerprint density at radius 1 is 0.325 bits per heavy atom. The Balaban J connectivity index is 0.000000180. The van der Waals surface area contributed by atoms with Crippen LogP contribution in [-0.4, -0.2) is 45.8 Å². The van der Waals surface area contributed by atoms with Crippen LogP contribution in [0.5, 0.6) is 0 Å². The third-order valence-electron chi connectivity index (χ3n) is 19.0. The van der Waals surface area contributed by atoms with Gasteiger partial charge in [0.25, 0.3) is 0 Å². The largest absolute Gasteiger partial charge is 0.512 e. The number of aliphatic hydroxyl groups is 1. The molecule has 19 aromatic rings. The molecule has 11 aromatic carbocycles. The Bertz CT molecular complexity index is 6410. The van der Waals surface area contributed by atoms with Gasteiger partial charge in [-0.25, -0.2) is 0 Å². The van der Waals surface area contributed by atoms with Crippen LogP contribution >= 0.6 is 0 Å². The number of nitrogens with zero attached hydrogens (tertiary/aromatic N) is 7. The summed E-state index contributed by atoms with van der Waals surface area (Å²) >= 11 is 0. The number of hydrogen-bond donors (Lipinski definition) is 1. The standard InChI is InChI=1S/C18H12NO.C18H16N.2C18H14N.2C12H10N.C11H8N.C5H8O2.4Ir/c1-12-9-10-16(19-11-12)15-7-4-6-14-13-5-2-3-8-17(13)20-18(14)15;1-12-8-13(2)10-15(9-12)18-11-14(3)16-6-4-5-7-17(16)19-18;1-14-12-18(16-10-6-3-7-11-16)19-13-17(14)15-8-4-2-5-9-15;1-14-10-11-19-18(12-14)17-9-5-8-16(13-17)15-6-3-2-4-7-15;2*1-10-7-8-12(13-9-10)11-5-3-2-4-6-11;1-2-6-10(7-3-1)11-8-4-5-9-12-11;1-4(6)3-5(2)7;;;;/h2-6,8-11H,1H3;4-9,11H,1-3H3;2-10,12-13H,1H3;2-8,10-13H,1H3;2*2-5,7-9H,1H3;1-6,8-9H;3,6H,1-2H3;;;;/q7*-1;;;;;. The molecule has 8 heterocycles. The quantitative estimate of drug-likeness (QED) is 0.0799. The van der Waals surface area contributed by atoms with Gasteiger partial charge in [-0.2, -0.15) is 0 Å². The van der Waals surface area contributed by atoms with Gasteiger partial charge >= 0.3 is 0 Å². The Morgan fingerprint density at radius 2 is 0.802 bits per heavy atom. The van der Waals surface area contributed by atoms with Crippen molar-refractivity contribution in [1.29, 1.82) is 0 Å². The number of furan rings is 1. The number of aromatic nitrogens is 7. The SMILES string of the molecule is CC(=O)C=C(C)O.Cc1[c-]c(-c2cc(C)c3ccccc3n2)cc(C)c1.Cc1cc(-c2[c-]cccc2)ncc1-c1ccccc1.Cc1ccc(-c2[c-]ccc3c2oc2ccccc23)nc1.Cc1ccc(-c2[c-]cccc2)nc1.Cc1ccc(-c2[c-]cccc2)nc1.Cc1ccnc(-c2[c-]ccc(-c3ccccc3)c2)c1.[Ir].[Ir].[Ir].[Ir].[c-]1ccccc1-c1ccccn1. The normalized spacial score (nSPS) is 10.2. The van der Waals surface area contributed by atoms with E-state index in [1.807, 2.05) is 258 Å². The number of benzene rings is 11. The Hall–Kier alpha value is -12.7. The number of pyridine rings is 7. The van der Waals surface area contributed by atoms with Gasteiger partial charge in [-0.1, -0.05) is 194 Å². The summed E-state index contributed by atoms with van der Waals surface area (Å²) in [6.45, 7) is 19.5. The molecule has 0 unspecified atom stereocenters. The molecule has 0 saturated heterocycles. The summed E-state index contributed by atoms with van der Waals surface area (Å²) in [6.07, 6.45) is 12.3. The predicted octanol–water partition coefficient (Wildman–Crippen LogP) is 27.7. The summed E-state index contributed by atoms with van der Waals surface area (Å²) in [5, 5.41) is 11.8. The van der Waals surface area contributed by atoms with Gasteiger partial charge in [0.1, 0.15) is 5.58 Å². The van der Waals surface area contributed by atoms with Crippen LogP contribution in [0.1, 0.15) is 58.4 Å². The molecule has 4 radical (unpaired) electrons. The number of allylic oxidation sites excluding steroid dienone is 2. The van der Waals surface area contributed by atoms with Crippen molar-refractivity contribution in [2.75, 3.05) is 0 Å². The number of aliphatic hydroxyl groups excluding tert-OH is 1. The summed E-state index contributed by atoms with van der Waals surface area (Å²) in [4.78, 5) is 41.1. The summed E-state index contributed by atoms with van der Waals surface area (Å²) in [7, 11) is 0. The molecule has 1 N–H and O–H groups in total. The fourth-order valence-electron chi connectivity index (χ4n) is 13.0. The van der Waals surface area contributed by atoms with Crippen molar-refractivity contribution >= 4 is 38.6 Å². The summed E-state index contributed by atoms with van der Waals surface area (Å²) < 4.78 is 6.00. The molecule has 0 atom stereocenters. The maximum absolute atomic E-state index is 10.0. The van der Waals surface area contributed by atoms with Crippen molar-refractivity contribution in [2.24, 2.45) is 0 Å². The number of ketones is 1. The minimum Gasteiger partial charge on any atom is -0.512 e. The third kappa shape index (κ3) is 29.5. The van der Waals surface area contributed by atoms with Crippen LogP contribution in [0.3, 0.4) is 0 Å². The molecule has 8 aromatic heterocycles. The molecular formula is C112H92Ir4N7O3-7. The average Bonchev–Trinajstić information content (AvgIpc) is 1.59. The van der Waals surface area contributed by atoms with E-state index in [0.717, 1.165) is 117 Å². The van der Waals surface area contributed by atoms with Gasteiger partial charge in [0.15, 0.2) is 5.78 Å². The molecule has 0 saturated carbocycles. The Kier molecular flexibility index (Phi) is 39.9. The first-order valence-electron chi connectivity index (χ1n) is 40.1. The van der Waals surface area contributed by atoms with E-state index in [1.54, 1.807) is 6.20 Å². The second kappa shape index (κ2) is 50.9. The molecule has 0 amide bonds. The monoisotopic (exact) mass is 2350 g/mol. The minimum atomic E-state index is -0.125. The summed E-state index contributed by atoms with van der Waals surface area (Å²) in [5.74, 6) is -0.0625. The first-order valence-corrected chi connectivity index (χ1v) is 40.1. The van der Waals surface area contributed by atoms with Crippen LogP contribution in [0.25, 0.3) is 134 Å². The zero-order valence-corrected chi connectivity index (χ0v) is 81.0. The van der Waals surface area contributed by atoms with E-state index in [0.29, 0.717) is 0 Å². The molecular weight excluding hydrogens is 2260 g/mol. The fraction of sp³-hybridized carbons (Fsp3) is 0.0893. The van der Waals surface area contributed by atoms with Crippen LogP contribution in [-0.2, 0) is 85.2 Å². The summed E-state index contributed by atoms with van der Waals surface area (Å²) in [6, 6.07) is 132. The van der Waals surface area contributed by atoms with Gasteiger partial charge in [0.05, 0.1) is 16.9 Å². The molecule has 0 fully saturated rings. The number of rotatable bonds is 10. The van der Waals surface area contributed by atoms with Crippen molar-refractivity contribution in [2.45, 2.75) is 69.2 Å². The second-order valence-electron chi connectivity index (χ2n) is 29.0. The van der Waals surface area contributed by atoms with Gasteiger partial charge in [-0.15, -0.1) is 232 Å². The van der Waals surface area contributed by atoms with Gasteiger partial charge in [-0.05, 0) is 158 Å². The van der Waals surface area contributed by atoms with E-state index in [4.69, 9.17) is 14.5 Å². The zero-order valence-electron chi connectivity index (χ0n) is 71.4. The number of fused-ring (bicyclic) bond motifs is 4. The number of aryl methyl sites for hydroxylation is 8. The number of para-hydroxylation sites is 2. The number of carbonyl (C=O) groups is 1. The zero-order chi connectivity index (χ0) is 85.4. The fourth-order valence-corrected chi connectivity index (χ4v) is 13.0. The molecule has 126 heavy (non-hydrogen) atoms. The van der Waals surface area contributed by atoms with E-state index < -0.39 is 0 Å². The van der Waals surface area contributed by atoms with Crippen molar-refractivity contribution < 1.29 is 94.7 Å². The van der Waals surface area contributed by atoms with E-state index >= 15 is 0 Å². The van der Waals surface area contributed by atoms with Crippen LogP contribution in [0, 0.1) is 97.9 Å². The molecule has 19 rings (SSSR count). The molecule has 0 aliphatic carbocycles. The molecule has 14 heteroatoms. The van der Waals surface area contributed by atoms with Gasteiger partial charge in [0, 0.05) is 140 Å². The molecule has 636 valence electrons. The van der Waals surface area contributed by atoms with Gasteiger partial charge < -0.3 is 39.4 Å². The topological polar surface area (TPSA) is 141 Å². The number of hydrogen-bond acceptors (Lipinski definition) is 10. The van der Waals surface area contributed by atoms with E-state index in [2.05, 4.69) is 228 Å². The van der Waals surface area contributed by atoms with Crippen molar-refractivity contribution in [3.8, 4) is 101 Å². The maximum Gasteiger partial charge on any atom is 0.155 e. The molecule has 0 aliphatic rings. The minimum absolute atomic E-state index is 0. The molecule has 0 spiro atoms. The van der Waals surface area contributed by atoms with E-state index in [-0.39, 0.29) is 92.0 Å². The van der Waals surface area contributed by atoms with Crippen LogP contribution < -0.4 is 0 Å². The Morgan fingerprint density at radius 3 is 1.31 bits per heavy atom. The van der Waals surface area contributed by atoms with Gasteiger partial charge in [-0.3, -0.25) is 9.78 Å². The first-order chi connectivity index (χ1) is 59.4. The Labute approximate surface area is 795 Å². The van der Waals surface area contributed by atoms with Crippen molar-refractivity contribution in [3.05, 3.63) is 464 Å². The van der Waals surface area contributed by atoms with E-state index in [9.17, 15) is 4.79 Å².